The highest BCUT2D eigenvalue weighted by molar-refractivity contribution is 7.14. The number of amides is 1. The van der Waals surface area contributed by atoms with Gasteiger partial charge in [0, 0.05) is 49.0 Å². The fraction of sp³-hybridized carbons (Fsp3) is 0.393. The Morgan fingerprint density at radius 3 is 2.68 bits per heavy atom. The Kier molecular flexibility index (Phi) is 5.75. The van der Waals surface area contributed by atoms with Crippen LogP contribution in [0.4, 0.5) is 17.3 Å². The number of anilines is 3. The van der Waals surface area contributed by atoms with Crippen LogP contribution >= 0.6 is 11.3 Å². The van der Waals surface area contributed by atoms with Crippen molar-refractivity contribution in [3.8, 4) is 11.1 Å². The predicted octanol–water partition coefficient (Wildman–Crippen LogP) is 4.27. The molecule has 2 aliphatic rings. The number of fused-ring (bicyclic) bond motifs is 3. The van der Waals surface area contributed by atoms with Gasteiger partial charge in [0.2, 0.25) is 0 Å². The zero-order valence-corrected chi connectivity index (χ0v) is 23.1. The third kappa shape index (κ3) is 4.03. The maximum Gasteiger partial charge on any atom is 0.274 e. The minimum Gasteiger partial charge on any atom is -0.333 e. The molecular weight excluding hydrogens is 498 g/mol. The van der Waals surface area contributed by atoms with Gasteiger partial charge in [-0.3, -0.25) is 19.2 Å². The van der Waals surface area contributed by atoms with Crippen molar-refractivity contribution in [3.05, 3.63) is 67.5 Å². The Hall–Kier alpha value is -3.79. The molecule has 4 aromatic rings. The number of nitrogens with zero attached hydrogens (tertiary/aromatic N) is 6. The lowest BCUT2D eigenvalue weighted by Gasteiger charge is -2.29. The number of hydrogen-bond donors (Lipinski definition) is 1. The van der Waals surface area contributed by atoms with Crippen molar-refractivity contribution in [1.29, 1.82) is 0 Å². The number of rotatable bonds is 5. The topological polar surface area (TPSA) is 97.9 Å². The van der Waals surface area contributed by atoms with E-state index < -0.39 is 0 Å². The van der Waals surface area contributed by atoms with E-state index in [2.05, 4.69) is 36.4 Å². The minimum atomic E-state index is -0.167. The van der Waals surface area contributed by atoms with Crippen molar-refractivity contribution >= 4 is 34.6 Å². The summed E-state index contributed by atoms with van der Waals surface area (Å²) in [6.07, 6.45) is 8.93. The van der Waals surface area contributed by atoms with E-state index in [1.807, 2.05) is 23.2 Å². The zero-order chi connectivity index (χ0) is 26.8. The van der Waals surface area contributed by atoms with Crippen LogP contribution in [0.1, 0.15) is 52.0 Å². The van der Waals surface area contributed by atoms with E-state index >= 15 is 0 Å². The highest BCUT2D eigenvalue weighted by Gasteiger charge is 2.38. The van der Waals surface area contributed by atoms with Gasteiger partial charge in [-0.05, 0) is 59.9 Å². The van der Waals surface area contributed by atoms with Crippen molar-refractivity contribution in [1.82, 2.24) is 24.5 Å². The lowest BCUT2D eigenvalue weighted by atomic mass is 9.89. The standard InChI is InChI=1S/C28H31N7O2S/c1-6-17-18(16-11-21(26(36)33(4)14-16)30-23-15-34(5)32-31-23)7-9-29-25(17)35-10-8-19-20-12-28(2,3)13-22(20)38-24(19)27(35)37/h7,9,11,14-15,30H,6,8,10,12-13H2,1-5H3. The third-order valence-electron chi connectivity index (χ3n) is 7.52. The Bertz CT molecular complexity index is 1650. The molecule has 0 bridgehead atoms. The quantitative estimate of drug-likeness (QED) is 0.415. The van der Waals surface area contributed by atoms with Gasteiger partial charge in [0.15, 0.2) is 5.82 Å². The minimum absolute atomic E-state index is 0.0493. The zero-order valence-electron chi connectivity index (χ0n) is 22.3. The SMILES string of the molecule is CCc1c(-c2cc(Nc3cn(C)nn3)c(=O)n(C)c2)ccnc1N1CCc2c(sc3c2CC(C)(C)C3)C1=O. The molecule has 38 heavy (non-hydrogen) atoms. The van der Waals surface area contributed by atoms with E-state index in [0.29, 0.717) is 30.3 Å². The summed E-state index contributed by atoms with van der Waals surface area (Å²) in [6, 6.07) is 3.78. The molecule has 0 saturated heterocycles. The molecule has 196 valence electrons. The van der Waals surface area contributed by atoms with Crippen LogP contribution in [0.3, 0.4) is 0 Å². The fourth-order valence-corrected chi connectivity index (χ4v) is 7.36. The fourth-order valence-electron chi connectivity index (χ4n) is 5.79. The summed E-state index contributed by atoms with van der Waals surface area (Å²) in [5.41, 5.74) is 5.97. The van der Waals surface area contributed by atoms with Gasteiger partial charge in [-0.25, -0.2) is 4.98 Å². The molecular formula is C28H31N7O2S. The highest BCUT2D eigenvalue weighted by atomic mass is 32.1. The van der Waals surface area contributed by atoms with Gasteiger partial charge in [-0.1, -0.05) is 26.0 Å². The second-order valence-corrected chi connectivity index (χ2v) is 12.1. The summed E-state index contributed by atoms with van der Waals surface area (Å²) < 4.78 is 3.13. The van der Waals surface area contributed by atoms with Crippen molar-refractivity contribution in [3.63, 3.8) is 0 Å². The van der Waals surface area contributed by atoms with Crippen LogP contribution < -0.4 is 15.8 Å². The average molecular weight is 530 g/mol. The Morgan fingerprint density at radius 1 is 1.13 bits per heavy atom. The van der Waals surface area contributed by atoms with Crippen LogP contribution in [0.2, 0.25) is 0 Å². The van der Waals surface area contributed by atoms with E-state index in [4.69, 9.17) is 4.98 Å². The summed E-state index contributed by atoms with van der Waals surface area (Å²) in [6.45, 7) is 7.30. The number of aryl methyl sites for hydroxylation is 2. The van der Waals surface area contributed by atoms with Gasteiger partial charge in [-0.2, -0.15) is 0 Å². The second-order valence-electron chi connectivity index (χ2n) is 11.0. The molecule has 0 unspecified atom stereocenters. The number of hydrogen-bond acceptors (Lipinski definition) is 7. The second kappa shape index (κ2) is 8.90. The molecule has 1 aliphatic carbocycles. The molecule has 0 fully saturated rings. The van der Waals surface area contributed by atoms with Crippen molar-refractivity contribution < 1.29 is 4.79 Å². The van der Waals surface area contributed by atoms with E-state index in [1.54, 1.807) is 47.1 Å². The number of carbonyl (C=O) groups excluding carboxylic acids is 1. The molecule has 9 nitrogen and oxygen atoms in total. The van der Waals surface area contributed by atoms with Gasteiger partial charge in [0.05, 0.1) is 11.1 Å². The first-order valence-electron chi connectivity index (χ1n) is 12.9. The molecule has 1 amide bonds. The van der Waals surface area contributed by atoms with Gasteiger partial charge in [0.1, 0.15) is 11.5 Å². The van der Waals surface area contributed by atoms with Crippen molar-refractivity contribution in [2.45, 2.75) is 46.5 Å². The van der Waals surface area contributed by atoms with Crippen LogP contribution in [0.15, 0.2) is 35.5 Å². The Morgan fingerprint density at radius 2 is 1.95 bits per heavy atom. The number of thiophene rings is 1. The van der Waals surface area contributed by atoms with Crippen molar-refractivity contribution in [2.24, 2.45) is 19.5 Å². The normalized spacial score (nSPS) is 16.0. The smallest absolute Gasteiger partial charge is 0.274 e. The first-order chi connectivity index (χ1) is 18.1. The van der Waals surface area contributed by atoms with E-state index in [0.717, 1.165) is 40.8 Å². The molecule has 4 aromatic heterocycles. The summed E-state index contributed by atoms with van der Waals surface area (Å²) in [4.78, 5) is 35.5. The molecule has 0 saturated carbocycles. The van der Waals surface area contributed by atoms with E-state index in [1.165, 1.54) is 16.0 Å². The third-order valence-corrected chi connectivity index (χ3v) is 8.78. The van der Waals surface area contributed by atoms with Gasteiger partial charge >= 0.3 is 0 Å². The molecule has 0 radical (unpaired) electrons. The molecule has 0 aromatic carbocycles. The van der Waals surface area contributed by atoms with Crippen LogP contribution in [0.25, 0.3) is 11.1 Å². The number of pyridine rings is 2. The van der Waals surface area contributed by atoms with Gasteiger partial charge in [-0.15, -0.1) is 16.4 Å². The maximum absolute atomic E-state index is 13.8. The molecule has 6 rings (SSSR count). The molecule has 10 heteroatoms. The van der Waals surface area contributed by atoms with Crippen molar-refractivity contribution in [2.75, 3.05) is 16.8 Å². The highest BCUT2D eigenvalue weighted by Crippen LogP contribution is 2.46. The lowest BCUT2D eigenvalue weighted by molar-refractivity contribution is 0.0983. The first kappa shape index (κ1) is 24.5. The Labute approximate surface area is 225 Å². The Balaban J connectivity index is 1.38. The van der Waals surface area contributed by atoms with Crippen LogP contribution in [0.5, 0.6) is 0 Å². The molecule has 0 atom stereocenters. The monoisotopic (exact) mass is 529 g/mol. The summed E-state index contributed by atoms with van der Waals surface area (Å²) >= 11 is 1.68. The van der Waals surface area contributed by atoms with Crippen LogP contribution in [0, 0.1) is 5.41 Å². The average Bonchev–Trinajstić information content (AvgIpc) is 3.53. The summed E-state index contributed by atoms with van der Waals surface area (Å²) in [5.74, 6) is 1.24. The predicted molar refractivity (Wildman–Crippen MR) is 149 cm³/mol. The van der Waals surface area contributed by atoms with E-state index in [9.17, 15) is 9.59 Å². The largest absolute Gasteiger partial charge is 0.333 e. The van der Waals surface area contributed by atoms with Crippen LogP contribution in [-0.4, -0.2) is 37.0 Å². The number of carbonyl (C=O) groups is 1. The molecule has 5 heterocycles. The van der Waals surface area contributed by atoms with Crippen LogP contribution in [-0.2, 0) is 39.8 Å². The number of aromatic nitrogens is 5. The molecule has 1 N–H and O–H groups in total. The number of nitrogens with one attached hydrogen (secondary N) is 1. The maximum atomic E-state index is 13.8. The molecule has 1 aliphatic heterocycles. The van der Waals surface area contributed by atoms with Gasteiger partial charge in [0.25, 0.3) is 11.5 Å². The summed E-state index contributed by atoms with van der Waals surface area (Å²) in [5, 5.41) is 11.1. The summed E-state index contributed by atoms with van der Waals surface area (Å²) in [7, 11) is 3.50. The lowest BCUT2D eigenvalue weighted by Crippen LogP contribution is -2.38. The first-order valence-corrected chi connectivity index (χ1v) is 13.7. The molecule has 0 spiro atoms. The van der Waals surface area contributed by atoms with Gasteiger partial charge < -0.3 is 9.88 Å². The van der Waals surface area contributed by atoms with E-state index in [-0.39, 0.29) is 16.9 Å².